The minimum absolute atomic E-state index is 0.0666. The zero-order valence-electron chi connectivity index (χ0n) is 19.4. The Bertz CT molecular complexity index is 1190. The minimum Gasteiger partial charge on any atom is -0.491 e. The highest BCUT2D eigenvalue weighted by Crippen LogP contribution is 2.48. The summed E-state index contributed by atoms with van der Waals surface area (Å²) in [4.78, 5) is 11.1. The third-order valence-electron chi connectivity index (χ3n) is 6.54. The van der Waals surface area contributed by atoms with Gasteiger partial charge in [0.1, 0.15) is 41.5 Å². The van der Waals surface area contributed by atoms with Crippen LogP contribution in [0.2, 0.25) is 0 Å². The van der Waals surface area contributed by atoms with Crippen molar-refractivity contribution in [1.29, 1.82) is 0 Å². The van der Waals surface area contributed by atoms with E-state index < -0.39 is 12.1 Å². The Morgan fingerprint density at radius 2 is 1.69 bits per heavy atom. The van der Waals surface area contributed by atoms with Crippen LogP contribution < -0.4 is 14.2 Å². The largest absolute Gasteiger partial charge is 0.491 e. The number of ether oxygens (including phenoxy) is 4. The van der Waals surface area contributed by atoms with E-state index in [0.717, 1.165) is 16.9 Å². The van der Waals surface area contributed by atoms with Crippen molar-refractivity contribution in [3.63, 3.8) is 0 Å². The van der Waals surface area contributed by atoms with Crippen molar-refractivity contribution in [2.24, 2.45) is 5.92 Å². The maximum absolute atomic E-state index is 14.8. The van der Waals surface area contributed by atoms with Gasteiger partial charge in [-0.05, 0) is 79.3 Å². The lowest BCUT2D eigenvalue weighted by Crippen LogP contribution is -2.06. The van der Waals surface area contributed by atoms with E-state index in [2.05, 4.69) is 0 Å². The van der Waals surface area contributed by atoms with Crippen LogP contribution in [0.15, 0.2) is 60.7 Å². The average molecular weight is 479 g/mol. The zero-order chi connectivity index (χ0) is 24.4. The molecule has 3 atom stereocenters. The SMILES string of the molecule is COCCOc1ccc(Oc2ccc(F)c3c2CC[C@H]3Oc2ccc([C@H]3C[C@@H]3C(=O)O)cc2)cc1. The fourth-order valence-corrected chi connectivity index (χ4v) is 4.62. The molecule has 0 heterocycles. The molecule has 1 N–H and O–H groups in total. The predicted octanol–water partition coefficient (Wildman–Crippen LogP) is 5.90. The number of carboxylic acid groups (broad SMARTS) is 1. The van der Waals surface area contributed by atoms with Gasteiger partial charge in [-0.2, -0.15) is 0 Å². The smallest absolute Gasteiger partial charge is 0.307 e. The first kappa shape index (κ1) is 23.2. The van der Waals surface area contributed by atoms with Gasteiger partial charge in [-0.15, -0.1) is 0 Å². The molecule has 2 aliphatic rings. The number of carbonyl (C=O) groups is 1. The van der Waals surface area contributed by atoms with Crippen LogP contribution >= 0.6 is 0 Å². The van der Waals surface area contributed by atoms with E-state index >= 15 is 0 Å². The summed E-state index contributed by atoms with van der Waals surface area (Å²) in [5, 5.41) is 9.14. The molecule has 0 saturated heterocycles. The second-order valence-electron chi connectivity index (χ2n) is 8.85. The van der Waals surface area contributed by atoms with Gasteiger partial charge in [0.25, 0.3) is 0 Å². The van der Waals surface area contributed by atoms with E-state index in [9.17, 15) is 9.18 Å². The first-order valence-corrected chi connectivity index (χ1v) is 11.7. The molecule has 3 aromatic carbocycles. The molecule has 0 aromatic heterocycles. The van der Waals surface area contributed by atoms with Crippen molar-refractivity contribution >= 4 is 5.97 Å². The van der Waals surface area contributed by atoms with Crippen molar-refractivity contribution < 1.29 is 33.2 Å². The lowest BCUT2D eigenvalue weighted by molar-refractivity contribution is -0.138. The van der Waals surface area contributed by atoms with Gasteiger partial charge in [0.05, 0.1) is 12.5 Å². The molecule has 1 saturated carbocycles. The van der Waals surface area contributed by atoms with Crippen LogP contribution in [0.1, 0.15) is 41.6 Å². The predicted molar refractivity (Wildman–Crippen MR) is 127 cm³/mol. The quantitative estimate of drug-likeness (QED) is 0.366. The number of rotatable bonds is 10. The van der Waals surface area contributed by atoms with E-state index in [1.807, 2.05) is 48.5 Å². The van der Waals surface area contributed by atoms with Crippen LogP contribution in [0, 0.1) is 11.7 Å². The fourth-order valence-electron chi connectivity index (χ4n) is 4.62. The second kappa shape index (κ2) is 9.96. The van der Waals surface area contributed by atoms with Crippen LogP contribution in [-0.4, -0.2) is 31.4 Å². The molecule has 0 amide bonds. The number of halogens is 1. The van der Waals surface area contributed by atoms with Crippen molar-refractivity contribution in [2.45, 2.75) is 31.3 Å². The highest BCUT2D eigenvalue weighted by Gasteiger charge is 2.44. The molecule has 6 nitrogen and oxygen atoms in total. The summed E-state index contributed by atoms with van der Waals surface area (Å²) in [5.74, 6) is 1.31. The molecule has 35 heavy (non-hydrogen) atoms. The monoisotopic (exact) mass is 478 g/mol. The Labute approximate surface area is 203 Å². The molecule has 5 rings (SSSR count). The molecule has 3 aromatic rings. The summed E-state index contributed by atoms with van der Waals surface area (Å²) in [6.07, 6.45) is 1.54. The molecule has 0 unspecified atom stereocenters. The molecule has 0 bridgehead atoms. The summed E-state index contributed by atoms with van der Waals surface area (Å²) < 4.78 is 37.6. The Morgan fingerprint density at radius 1 is 0.971 bits per heavy atom. The first-order chi connectivity index (χ1) is 17.0. The van der Waals surface area contributed by atoms with Crippen molar-refractivity contribution in [1.82, 2.24) is 0 Å². The second-order valence-corrected chi connectivity index (χ2v) is 8.85. The molecule has 0 aliphatic heterocycles. The molecule has 1 fully saturated rings. The van der Waals surface area contributed by atoms with Gasteiger partial charge in [-0.1, -0.05) is 12.1 Å². The van der Waals surface area contributed by atoms with Crippen LogP contribution in [0.25, 0.3) is 0 Å². The highest BCUT2D eigenvalue weighted by atomic mass is 19.1. The number of aliphatic carboxylic acids is 1. The number of hydrogen-bond acceptors (Lipinski definition) is 5. The minimum atomic E-state index is -0.752. The van der Waals surface area contributed by atoms with Gasteiger partial charge in [-0.25, -0.2) is 4.39 Å². The number of benzene rings is 3. The van der Waals surface area contributed by atoms with E-state index in [1.165, 1.54) is 6.07 Å². The maximum Gasteiger partial charge on any atom is 0.307 e. The van der Waals surface area contributed by atoms with Gasteiger partial charge >= 0.3 is 5.97 Å². The van der Waals surface area contributed by atoms with E-state index in [-0.39, 0.29) is 17.7 Å². The third-order valence-corrected chi connectivity index (χ3v) is 6.54. The summed E-state index contributed by atoms with van der Waals surface area (Å²) in [6.45, 7) is 0.981. The number of methoxy groups -OCH3 is 1. The molecule has 0 radical (unpaired) electrons. The number of fused-ring (bicyclic) bond motifs is 1. The zero-order valence-corrected chi connectivity index (χ0v) is 19.4. The van der Waals surface area contributed by atoms with Gasteiger partial charge in [0.2, 0.25) is 0 Å². The first-order valence-electron chi connectivity index (χ1n) is 11.7. The lowest BCUT2D eigenvalue weighted by Gasteiger charge is -2.17. The van der Waals surface area contributed by atoms with Crippen LogP contribution in [0.4, 0.5) is 4.39 Å². The Kier molecular flexibility index (Phi) is 6.59. The Morgan fingerprint density at radius 3 is 2.37 bits per heavy atom. The molecule has 182 valence electrons. The maximum atomic E-state index is 14.8. The van der Waals surface area contributed by atoms with Gasteiger partial charge in [-0.3, -0.25) is 4.79 Å². The summed E-state index contributed by atoms with van der Waals surface area (Å²) in [6, 6.07) is 17.8. The normalized spacial score (nSPS) is 20.2. The van der Waals surface area contributed by atoms with E-state index in [0.29, 0.717) is 55.3 Å². The molecule has 0 spiro atoms. The Balaban J connectivity index is 1.26. The van der Waals surface area contributed by atoms with E-state index in [4.69, 9.17) is 24.1 Å². The van der Waals surface area contributed by atoms with E-state index in [1.54, 1.807) is 13.2 Å². The van der Waals surface area contributed by atoms with Crippen molar-refractivity contribution in [3.05, 3.63) is 83.2 Å². The van der Waals surface area contributed by atoms with Gasteiger partial charge in [0.15, 0.2) is 0 Å². The molecular weight excluding hydrogens is 451 g/mol. The topological polar surface area (TPSA) is 74.2 Å². The lowest BCUT2D eigenvalue weighted by atomic mass is 10.1. The molecular formula is C28H27FO6. The van der Waals surface area contributed by atoms with Crippen molar-refractivity contribution in [2.75, 3.05) is 20.3 Å². The average Bonchev–Trinajstić information content (AvgIpc) is 3.56. The summed E-state index contributed by atoms with van der Waals surface area (Å²) in [5.41, 5.74) is 2.34. The van der Waals surface area contributed by atoms with Crippen LogP contribution in [-0.2, 0) is 16.0 Å². The Hall–Kier alpha value is -3.58. The number of hydrogen-bond donors (Lipinski definition) is 1. The van der Waals surface area contributed by atoms with Gasteiger partial charge in [0, 0.05) is 18.2 Å². The van der Waals surface area contributed by atoms with Crippen LogP contribution in [0.5, 0.6) is 23.0 Å². The van der Waals surface area contributed by atoms with Crippen LogP contribution in [0.3, 0.4) is 0 Å². The number of carboxylic acids is 1. The van der Waals surface area contributed by atoms with Crippen molar-refractivity contribution in [3.8, 4) is 23.0 Å². The highest BCUT2D eigenvalue weighted by molar-refractivity contribution is 5.75. The standard InChI is InChI=1S/C28H27FO6/c1-32-14-15-33-18-6-8-20(9-7-18)34-25-13-11-24(29)27-21(25)10-12-26(27)35-19-4-2-17(3-5-19)22-16-23(22)28(30)31/h2-9,11,13,22-23,26H,10,12,14-16H2,1H3,(H,30,31)/t22-,23+,26-/m1/s1. The molecule has 7 heteroatoms. The summed E-state index contributed by atoms with van der Waals surface area (Å²) >= 11 is 0. The summed E-state index contributed by atoms with van der Waals surface area (Å²) in [7, 11) is 1.62. The fraction of sp³-hybridized carbons (Fsp3) is 0.321. The third kappa shape index (κ3) is 5.10. The van der Waals surface area contributed by atoms with Gasteiger partial charge < -0.3 is 24.1 Å². The molecule has 2 aliphatic carbocycles.